The highest BCUT2D eigenvalue weighted by atomic mass is 16.3. The molecule has 10 heavy (non-hydrogen) atoms. The molecule has 0 aliphatic heterocycles. The third-order valence-corrected chi connectivity index (χ3v) is 1.51. The van der Waals surface area contributed by atoms with Gasteiger partial charge in [-0.15, -0.1) is 0 Å². The number of nitrogens with zero attached hydrogens (tertiary/aromatic N) is 1. The van der Waals surface area contributed by atoms with Gasteiger partial charge in [0.05, 0.1) is 5.69 Å². The second kappa shape index (κ2) is 2.84. The minimum Gasteiger partial charge on any atom is -0.449 e. The van der Waals surface area contributed by atoms with Crippen LogP contribution in [0.4, 0.5) is 0 Å². The molecule has 1 atom stereocenters. The topological polar surface area (TPSA) is 38.1 Å². The molecule has 1 heterocycles. The minimum atomic E-state index is 0.275. The van der Waals surface area contributed by atoms with Crippen LogP contribution in [-0.4, -0.2) is 12.0 Å². The van der Waals surface area contributed by atoms with E-state index < -0.39 is 0 Å². The minimum absolute atomic E-state index is 0.275. The number of aromatic nitrogens is 1. The van der Waals surface area contributed by atoms with Crippen LogP contribution in [0, 0.1) is 6.92 Å². The summed E-state index contributed by atoms with van der Waals surface area (Å²) in [6, 6.07) is 0.275. The fourth-order valence-corrected chi connectivity index (χ4v) is 0.727. The third kappa shape index (κ3) is 1.36. The van der Waals surface area contributed by atoms with Gasteiger partial charge >= 0.3 is 0 Å². The van der Waals surface area contributed by atoms with Crippen molar-refractivity contribution in [3.8, 4) is 0 Å². The molecule has 0 aromatic carbocycles. The number of rotatable bonds is 2. The van der Waals surface area contributed by atoms with Crippen molar-refractivity contribution in [2.24, 2.45) is 0 Å². The van der Waals surface area contributed by atoms with Crippen molar-refractivity contribution in [1.29, 1.82) is 0 Å². The highest BCUT2D eigenvalue weighted by molar-refractivity contribution is 5.00. The molecule has 1 N–H and O–H groups in total. The summed E-state index contributed by atoms with van der Waals surface area (Å²) < 4.78 is 5.04. The lowest BCUT2D eigenvalue weighted by Gasteiger charge is -2.03. The number of hydrogen-bond acceptors (Lipinski definition) is 3. The van der Waals surface area contributed by atoms with Crippen LogP contribution < -0.4 is 5.32 Å². The zero-order valence-corrected chi connectivity index (χ0v) is 6.51. The van der Waals surface area contributed by atoms with Crippen LogP contribution >= 0.6 is 0 Å². The van der Waals surface area contributed by atoms with Gasteiger partial charge in [-0.3, -0.25) is 0 Å². The summed E-state index contributed by atoms with van der Waals surface area (Å²) in [5.74, 6) is 0.720. The number of oxazole rings is 1. The van der Waals surface area contributed by atoms with Crippen molar-refractivity contribution < 1.29 is 4.42 Å². The van der Waals surface area contributed by atoms with Gasteiger partial charge in [-0.25, -0.2) is 4.98 Å². The molecule has 3 nitrogen and oxygen atoms in total. The second-order valence-corrected chi connectivity index (χ2v) is 2.30. The summed E-state index contributed by atoms with van der Waals surface area (Å²) in [7, 11) is 1.90. The Morgan fingerprint density at radius 1 is 1.70 bits per heavy atom. The van der Waals surface area contributed by atoms with E-state index in [4.69, 9.17) is 4.42 Å². The van der Waals surface area contributed by atoms with Crippen LogP contribution in [0.15, 0.2) is 10.7 Å². The Morgan fingerprint density at radius 3 is 2.80 bits per heavy atom. The van der Waals surface area contributed by atoms with Gasteiger partial charge in [0, 0.05) is 13.0 Å². The second-order valence-electron chi connectivity index (χ2n) is 2.30. The molecular weight excluding hydrogens is 128 g/mol. The number of aryl methyl sites for hydroxylation is 1. The number of hydrogen-bond donors (Lipinski definition) is 1. The molecule has 0 saturated carbocycles. The lowest BCUT2D eigenvalue weighted by Crippen LogP contribution is -2.12. The molecule has 1 rings (SSSR count). The standard InChI is InChI=1S/C7H12N2O/c1-5(8-3)7-4-10-6(2)9-7/h4-5,8H,1-3H3. The Hall–Kier alpha value is -0.830. The predicted octanol–water partition coefficient (Wildman–Crippen LogP) is 1.26. The molecule has 3 heteroatoms. The first-order valence-corrected chi connectivity index (χ1v) is 3.33. The first-order valence-electron chi connectivity index (χ1n) is 3.33. The third-order valence-electron chi connectivity index (χ3n) is 1.51. The highest BCUT2D eigenvalue weighted by Gasteiger charge is 2.05. The Morgan fingerprint density at radius 2 is 2.40 bits per heavy atom. The zero-order valence-electron chi connectivity index (χ0n) is 6.51. The molecule has 1 aromatic rings. The highest BCUT2D eigenvalue weighted by Crippen LogP contribution is 2.09. The summed E-state index contributed by atoms with van der Waals surface area (Å²) >= 11 is 0. The van der Waals surface area contributed by atoms with E-state index in [1.165, 1.54) is 0 Å². The van der Waals surface area contributed by atoms with Gasteiger partial charge < -0.3 is 9.73 Å². The molecule has 0 bridgehead atoms. The molecule has 0 aliphatic rings. The SMILES string of the molecule is CNC(C)c1coc(C)n1. The summed E-state index contributed by atoms with van der Waals surface area (Å²) in [5.41, 5.74) is 0.958. The van der Waals surface area contributed by atoms with Gasteiger partial charge in [-0.2, -0.15) is 0 Å². The molecule has 56 valence electrons. The van der Waals surface area contributed by atoms with E-state index in [2.05, 4.69) is 10.3 Å². The first-order chi connectivity index (χ1) is 4.74. The van der Waals surface area contributed by atoms with Gasteiger partial charge in [0.25, 0.3) is 0 Å². The lowest BCUT2D eigenvalue weighted by atomic mass is 10.3. The maximum Gasteiger partial charge on any atom is 0.191 e. The van der Waals surface area contributed by atoms with Crippen molar-refractivity contribution in [3.63, 3.8) is 0 Å². The van der Waals surface area contributed by atoms with E-state index in [-0.39, 0.29) is 6.04 Å². The Balaban J connectivity index is 2.74. The zero-order chi connectivity index (χ0) is 7.56. The molecule has 0 radical (unpaired) electrons. The normalized spacial score (nSPS) is 13.5. The van der Waals surface area contributed by atoms with Crippen molar-refractivity contribution in [3.05, 3.63) is 17.8 Å². The van der Waals surface area contributed by atoms with Gasteiger partial charge in [-0.1, -0.05) is 0 Å². The maximum atomic E-state index is 5.04. The monoisotopic (exact) mass is 140 g/mol. The molecule has 0 fully saturated rings. The van der Waals surface area contributed by atoms with Crippen LogP contribution in [0.3, 0.4) is 0 Å². The Kier molecular flexibility index (Phi) is 2.06. The van der Waals surface area contributed by atoms with Crippen LogP contribution in [-0.2, 0) is 0 Å². The average molecular weight is 140 g/mol. The molecule has 1 aromatic heterocycles. The van der Waals surface area contributed by atoms with Crippen molar-refractivity contribution in [2.75, 3.05) is 7.05 Å². The van der Waals surface area contributed by atoms with Crippen LogP contribution in [0.2, 0.25) is 0 Å². The van der Waals surface area contributed by atoms with Crippen LogP contribution in [0.25, 0.3) is 0 Å². The quantitative estimate of drug-likeness (QED) is 0.672. The summed E-state index contributed by atoms with van der Waals surface area (Å²) in [6.45, 7) is 3.88. The summed E-state index contributed by atoms with van der Waals surface area (Å²) in [4.78, 5) is 4.15. The predicted molar refractivity (Wildman–Crippen MR) is 38.7 cm³/mol. The van der Waals surface area contributed by atoms with Gasteiger partial charge in [0.2, 0.25) is 0 Å². The Bertz CT molecular complexity index is 207. The van der Waals surface area contributed by atoms with Gasteiger partial charge in [0.1, 0.15) is 6.26 Å². The fraction of sp³-hybridized carbons (Fsp3) is 0.571. The lowest BCUT2D eigenvalue weighted by molar-refractivity contribution is 0.518. The van der Waals surface area contributed by atoms with Gasteiger partial charge in [-0.05, 0) is 14.0 Å². The molecule has 0 saturated heterocycles. The van der Waals surface area contributed by atoms with E-state index in [0.29, 0.717) is 0 Å². The molecule has 0 aliphatic carbocycles. The summed E-state index contributed by atoms with van der Waals surface area (Å²) in [5, 5.41) is 3.07. The van der Waals surface area contributed by atoms with E-state index in [1.807, 2.05) is 20.9 Å². The van der Waals surface area contributed by atoms with E-state index in [1.54, 1.807) is 6.26 Å². The van der Waals surface area contributed by atoms with E-state index >= 15 is 0 Å². The fourth-order valence-electron chi connectivity index (χ4n) is 0.727. The molecular formula is C7H12N2O. The van der Waals surface area contributed by atoms with E-state index in [9.17, 15) is 0 Å². The maximum absolute atomic E-state index is 5.04. The molecule has 0 amide bonds. The van der Waals surface area contributed by atoms with Crippen molar-refractivity contribution in [1.82, 2.24) is 10.3 Å². The van der Waals surface area contributed by atoms with Crippen LogP contribution in [0.1, 0.15) is 24.6 Å². The molecule has 0 spiro atoms. The average Bonchev–Trinajstić information content (AvgIpc) is 2.34. The van der Waals surface area contributed by atoms with Crippen LogP contribution in [0.5, 0.6) is 0 Å². The van der Waals surface area contributed by atoms with E-state index in [0.717, 1.165) is 11.6 Å². The largest absolute Gasteiger partial charge is 0.449 e. The smallest absolute Gasteiger partial charge is 0.191 e. The van der Waals surface area contributed by atoms with Crippen molar-refractivity contribution >= 4 is 0 Å². The molecule has 1 unspecified atom stereocenters. The first kappa shape index (κ1) is 7.28. The number of nitrogens with one attached hydrogen (secondary N) is 1. The van der Waals surface area contributed by atoms with Crippen molar-refractivity contribution in [2.45, 2.75) is 19.9 Å². The van der Waals surface area contributed by atoms with Gasteiger partial charge in [0.15, 0.2) is 5.89 Å². The Labute approximate surface area is 60.5 Å². The summed E-state index contributed by atoms with van der Waals surface area (Å²) in [6.07, 6.45) is 1.68.